The van der Waals surface area contributed by atoms with Gasteiger partial charge in [-0.05, 0) is 53.0 Å². The molecule has 4 heteroatoms. The molecule has 0 amide bonds. The van der Waals surface area contributed by atoms with Crippen molar-refractivity contribution in [2.75, 3.05) is 0 Å². The summed E-state index contributed by atoms with van der Waals surface area (Å²) < 4.78 is 0. The molecule has 1 N–H and O–H groups in total. The van der Waals surface area contributed by atoms with Crippen LogP contribution in [-0.4, -0.2) is 15.1 Å². The fraction of sp³-hybridized carbons (Fsp3) is 0.346. The third-order valence-electron chi connectivity index (χ3n) is 6.41. The lowest BCUT2D eigenvalue weighted by atomic mass is 9.68. The van der Waals surface area contributed by atoms with E-state index in [0.717, 1.165) is 40.7 Å². The van der Waals surface area contributed by atoms with Gasteiger partial charge < -0.3 is 5.11 Å². The van der Waals surface area contributed by atoms with E-state index >= 15 is 0 Å². The van der Waals surface area contributed by atoms with E-state index in [9.17, 15) is 10.4 Å². The van der Waals surface area contributed by atoms with E-state index in [0.29, 0.717) is 5.56 Å². The Morgan fingerprint density at radius 1 is 0.967 bits per heavy atom. The fourth-order valence-electron chi connectivity index (χ4n) is 4.30. The van der Waals surface area contributed by atoms with E-state index in [1.807, 2.05) is 33.8 Å². The zero-order chi connectivity index (χ0) is 21.6. The number of aromatic nitrogens is 2. The normalized spacial score (nSPS) is 17.1. The number of aryl methyl sites for hydroxylation is 1. The summed E-state index contributed by atoms with van der Waals surface area (Å²) in [6, 6.07) is 16.9. The standard InChI is InChI=1S/C26H27N3O/c1-18-13-20(19-5-8-21(9-6-19)25(16-27)11-12-25)7-10-23(18)26(30,24(2,3)4)22-14-28-17-29-15-22/h5-10,13-15,17,30H,11-12H2,1-4H3. The Kier molecular flexibility index (Phi) is 4.75. The van der Waals surface area contributed by atoms with Gasteiger partial charge in [-0.25, -0.2) is 9.97 Å². The van der Waals surface area contributed by atoms with Crippen molar-refractivity contribution >= 4 is 0 Å². The van der Waals surface area contributed by atoms with E-state index < -0.39 is 11.0 Å². The van der Waals surface area contributed by atoms with Crippen LogP contribution >= 0.6 is 0 Å². The molecule has 4 rings (SSSR count). The Balaban J connectivity index is 1.73. The number of nitriles is 1. The maximum absolute atomic E-state index is 11.9. The van der Waals surface area contributed by atoms with Crippen LogP contribution in [0.25, 0.3) is 11.1 Å². The van der Waals surface area contributed by atoms with Crippen LogP contribution in [0.1, 0.15) is 55.9 Å². The second-order valence-electron chi connectivity index (χ2n) is 9.39. The molecule has 0 aliphatic heterocycles. The van der Waals surface area contributed by atoms with Crippen LogP contribution in [0, 0.1) is 23.7 Å². The monoisotopic (exact) mass is 397 g/mol. The third-order valence-corrected chi connectivity index (χ3v) is 6.41. The maximum Gasteiger partial charge on any atom is 0.123 e. The molecule has 0 radical (unpaired) electrons. The van der Waals surface area contributed by atoms with Crippen LogP contribution in [0.2, 0.25) is 0 Å². The maximum atomic E-state index is 11.9. The number of aliphatic hydroxyl groups is 1. The van der Waals surface area contributed by atoms with E-state index in [1.54, 1.807) is 12.4 Å². The minimum Gasteiger partial charge on any atom is -0.380 e. The fourth-order valence-corrected chi connectivity index (χ4v) is 4.30. The number of benzene rings is 2. The summed E-state index contributed by atoms with van der Waals surface area (Å²) in [7, 11) is 0. The van der Waals surface area contributed by atoms with Gasteiger partial charge in [0.25, 0.3) is 0 Å². The van der Waals surface area contributed by atoms with Crippen LogP contribution in [0.15, 0.2) is 61.2 Å². The largest absolute Gasteiger partial charge is 0.380 e. The predicted octanol–water partition coefficient (Wildman–Crippen LogP) is 5.29. The van der Waals surface area contributed by atoms with Gasteiger partial charge in [-0.15, -0.1) is 0 Å². The lowest BCUT2D eigenvalue weighted by molar-refractivity contribution is -0.0269. The Morgan fingerprint density at radius 2 is 1.57 bits per heavy atom. The summed E-state index contributed by atoms with van der Waals surface area (Å²) in [5.74, 6) is 0. The van der Waals surface area contributed by atoms with Crippen LogP contribution in [0.5, 0.6) is 0 Å². The highest BCUT2D eigenvalue weighted by Gasteiger charge is 2.45. The van der Waals surface area contributed by atoms with Crippen LogP contribution < -0.4 is 0 Å². The summed E-state index contributed by atoms with van der Waals surface area (Å²) >= 11 is 0. The lowest BCUT2D eigenvalue weighted by Crippen LogP contribution is -2.42. The van der Waals surface area contributed by atoms with Gasteiger partial charge >= 0.3 is 0 Å². The first-order valence-corrected chi connectivity index (χ1v) is 10.3. The molecular formula is C26H27N3O. The molecule has 1 aliphatic rings. The molecule has 1 heterocycles. The molecule has 152 valence electrons. The van der Waals surface area contributed by atoms with Crippen molar-refractivity contribution in [3.8, 4) is 17.2 Å². The summed E-state index contributed by atoms with van der Waals surface area (Å²) in [6.07, 6.45) is 6.75. The van der Waals surface area contributed by atoms with Crippen molar-refractivity contribution in [2.24, 2.45) is 5.41 Å². The van der Waals surface area contributed by atoms with Crippen molar-refractivity contribution in [1.29, 1.82) is 5.26 Å². The van der Waals surface area contributed by atoms with Crippen molar-refractivity contribution in [3.63, 3.8) is 0 Å². The number of nitrogens with zero attached hydrogens (tertiary/aromatic N) is 3. The average Bonchev–Trinajstić information content (AvgIpc) is 3.54. The van der Waals surface area contributed by atoms with Gasteiger partial charge in [0.1, 0.15) is 11.9 Å². The lowest BCUT2D eigenvalue weighted by Gasteiger charge is -2.41. The predicted molar refractivity (Wildman–Crippen MR) is 118 cm³/mol. The minimum atomic E-state index is -1.22. The second-order valence-corrected chi connectivity index (χ2v) is 9.39. The topological polar surface area (TPSA) is 69.8 Å². The molecule has 4 nitrogen and oxygen atoms in total. The van der Waals surface area contributed by atoms with Gasteiger partial charge in [0.2, 0.25) is 0 Å². The molecule has 1 saturated carbocycles. The minimum absolute atomic E-state index is 0.265. The summed E-state index contributed by atoms with van der Waals surface area (Å²) in [5.41, 5.74) is 3.90. The van der Waals surface area contributed by atoms with Crippen LogP contribution in [-0.2, 0) is 11.0 Å². The van der Waals surface area contributed by atoms with Gasteiger partial charge in [0, 0.05) is 18.0 Å². The first-order valence-electron chi connectivity index (χ1n) is 10.3. The second kappa shape index (κ2) is 7.04. The van der Waals surface area contributed by atoms with Crippen molar-refractivity contribution in [2.45, 2.75) is 51.6 Å². The van der Waals surface area contributed by atoms with Crippen molar-refractivity contribution < 1.29 is 5.11 Å². The smallest absolute Gasteiger partial charge is 0.123 e. The molecular weight excluding hydrogens is 370 g/mol. The molecule has 1 unspecified atom stereocenters. The SMILES string of the molecule is Cc1cc(-c2ccc(C3(C#N)CC3)cc2)ccc1C(O)(c1cncnc1)C(C)(C)C. The van der Waals surface area contributed by atoms with E-state index in [4.69, 9.17) is 0 Å². The Labute approximate surface area is 178 Å². The van der Waals surface area contributed by atoms with Gasteiger partial charge in [-0.1, -0.05) is 63.2 Å². The molecule has 1 aliphatic carbocycles. The Hall–Kier alpha value is -3.03. The number of hydrogen-bond acceptors (Lipinski definition) is 4. The van der Waals surface area contributed by atoms with Crippen LogP contribution in [0.3, 0.4) is 0 Å². The molecule has 1 aromatic heterocycles. The highest BCUT2D eigenvalue weighted by Crippen LogP contribution is 2.48. The molecule has 3 aromatic rings. The molecule has 30 heavy (non-hydrogen) atoms. The highest BCUT2D eigenvalue weighted by molar-refractivity contribution is 5.66. The first-order chi connectivity index (χ1) is 14.2. The van der Waals surface area contributed by atoms with Gasteiger partial charge in [-0.3, -0.25) is 0 Å². The number of hydrogen-bond donors (Lipinski definition) is 1. The van der Waals surface area contributed by atoms with Crippen molar-refractivity contribution in [3.05, 3.63) is 83.4 Å². The third kappa shape index (κ3) is 3.20. The quantitative estimate of drug-likeness (QED) is 0.649. The summed E-state index contributed by atoms with van der Waals surface area (Å²) in [5, 5.41) is 21.3. The zero-order valence-electron chi connectivity index (χ0n) is 18.0. The number of rotatable bonds is 4. The molecule has 0 spiro atoms. The average molecular weight is 398 g/mol. The van der Waals surface area contributed by atoms with Gasteiger partial charge in [-0.2, -0.15) is 5.26 Å². The molecule has 1 atom stereocenters. The zero-order valence-corrected chi connectivity index (χ0v) is 18.0. The molecule has 0 saturated heterocycles. The summed E-state index contributed by atoms with van der Waals surface area (Å²) in [6.45, 7) is 8.10. The Bertz CT molecular complexity index is 1100. The highest BCUT2D eigenvalue weighted by atomic mass is 16.3. The molecule has 1 fully saturated rings. The van der Waals surface area contributed by atoms with Crippen LogP contribution in [0.4, 0.5) is 0 Å². The van der Waals surface area contributed by atoms with E-state index in [1.165, 1.54) is 6.33 Å². The van der Waals surface area contributed by atoms with Gasteiger partial charge in [0.15, 0.2) is 0 Å². The molecule has 0 bridgehead atoms. The van der Waals surface area contributed by atoms with E-state index in [2.05, 4.69) is 52.4 Å². The van der Waals surface area contributed by atoms with E-state index in [-0.39, 0.29) is 5.41 Å². The Morgan fingerprint density at radius 3 is 2.07 bits per heavy atom. The molecule has 2 aromatic carbocycles. The van der Waals surface area contributed by atoms with Gasteiger partial charge in [0.05, 0.1) is 11.5 Å². The summed E-state index contributed by atoms with van der Waals surface area (Å²) in [4.78, 5) is 8.26. The first kappa shape index (κ1) is 20.3. The van der Waals surface area contributed by atoms with Crippen molar-refractivity contribution in [1.82, 2.24) is 9.97 Å².